The average molecular weight is 259 g/mol. The second-order valence-electron chi connectivity index (χ2n) is 4.20. The number of ether oxygens (including phenoxy) is 4. The Morgan fingerprint density at radius 3 is 2.28 bits per heavy atom. The van der Waals surface area contributed by atoms with Gasteiger partial charge in [0.15, 0.2) is 0 Å². The highest BCUT2D eigenvalue weighted by molar-refractivity contribution is 5.94. The summed E-state index contributed by atoms with van der Waals surface area (Å²) in [7, 11) is 3.93. The summed E-state index contributed by atoms with van der Waals surface area (Å²) >= 11 is 0. The Kier molecular flexibility index (Phi) is 3.98. The lowest BCUT2D eigenvalue weighted by atomic mass is 9.94. The van der Waals surface area contributed by atoms with Gasteiger partial charge in [0.05, 0.1) is 18.2 Å². The van der Waals surface area contributed by atoms with Crippen molar-refractivity contribution < 1.29 is 28.5 Å². The quantitative estimate of drug-likeness (QED) is 0.586. The van der Waals surface area contributed by atoms with E-state index in [2.05, 4.69) is 10.1 Å². The molecule has 7 heteroatoms. The first kappa shape index (κ1) is 14.5. The van der Waals surface area contributed by atoms with E-state index >= 15 is 0 Å². The van der Waals surface area contributed by atoms with Gasteiger partial charge < -0.3 is 24.3 Å². The molecule has 0 fully saturated rings. The Balaban J connectivity index is 3.00. The standard InChI is InChI=1S/C11H17NO6/c1-10(2,12-9(14)15-3)7-6-11(16-4,17-5)18-8(7)13/h6H,1-5H3,(H,12,14). The molecule has 0 atom stereocenters. The van der Waals surface area contributed by atoms with Crippen LogP contribution >= 0.6 is 0 Å². The summed E-state index contributed by atoms with van der Waals surface area (Å²) in [4.78, 5) is 23.0. The fourth-order valence-electron chi connectivity index (χ4n) is 1.54. The highest BCUT2D eigenvalue weighted by Crippen LogP contribution is 2.32. The van der Waals surface area contributed by atoms with Crippen molar-refractivity contribution in [1.82, 2.24) is 5.32 Å². The summed E-state index contributed by atoms with van der Waals surface area (Å²) in [5.74, 6) is -2.17. The first-order valence-corrected chi connectivity index (χ1v) is 5.23. The van der Waals surface area contributed by atoms with E-state index in [0.717, 1.165) is 0 Å². The molecule has 1 amide bonds. The number of methoxy groups -OCH3 is 3. The molecule has 1 aliphatic rings. The molecule has 0 saturated heterocycles. The molecular weight excluding hydrogens is 242 g/mol. The first-order chi connectivity index (χ1) is 8.30. The summed E-state index contributed by atoms with van der Waals surface area (Å²) in [6, 6.07) is 0. The molecule has 1 aliphatic heterocycles. The number of cyclic esters (lactones) is 1. The Morgan fingerprint density at radius 2 is 1.89 bits per heavy atom. The first-order valence-electron chi connectivity index (χ1n) is 5.23. The van der Waals surface area contributed by atoms with Crippen LogP contribution < -0.4 is 5.32 Å². The maximum Gasteiger partial charge on any atom is 0.407 e. The Bertz CT molecular complexity index is 383. The van der Waals surface area contributed by atoms with E-state index in [4.69, 9.17) is 14.2 Å². The van der Waals surface area contributed by atoms with Crippen molar-refractivity contribution in [3.8, 4) is 0 Å². The predicted molar refractivity (Wildman–Crippen MR) is 60.5 cm³/mol. The molecule has 18 heavy (non-hydrogen) atoms. The van der Waals surface area contributed by atoms with Crippen molar-refractivity contribution in [3.05, 3.63) is 11.6 Å². The molecule has 0 aromatic carbocycles. The van der Waals surface area contributed by atoms with E-state index in [-0.39, 0.29) is 5.57 Å². The van der Waals surface area contributed by atoms with E-state index < -0.39 is 23.6 Å². The molecular formula is C11H17NO6. The van der Waals surface area contributed by atoms with Gasteiger partial charge in [-0.3, -0.25) is 0 Å². The van der Waals surface area contributed by atoms with Crippen LogP contribution in [0.4, 0.5) is 4.79 Å². The van der Waals surface area contributed by atoms with Crippen molar-refractivity contribution in [1.29, 1.82) is 0 Å². The van der Waals surface area contributed by atoms with Crippen molar-refractivity contribution in [2.45, 2.75) is 25.4 Å². The minimum atomic E-state index is -1.54. The molecule has 1 rings (SSSR count). The van der Waals surface area contributed by atoms with Gasteiger partial charge in [0.2, 0.25) is 0 Å². The third-order valence-electron chi connectivity index (χ3n) is 2.62. The van der Waals surface area contributed by atoms with E-state index in [1.165, 1.54) is 27.4 Å². The molecule has 0 aliphatic carbocycles. The number of esters is 1. The van der Waals surface area contributed by atoms with Gasteiger partial charge in [-0.25, -0.2) is 9.59 Å². The van der Waals surface area contributed by atoms with E-state index in [9.17, 15) is 9.59 Å². The van der Waals surface area contributed by atoms with Crippen molar-refractivity contribution in [2.24, 2.45) is 0 Å². The van der Waals surface area contributed by atoms with Gasteiger partial charge in [-0.15, -0.1) is 0 Å². The number of carbonyl (C=O) groups is 2. The molecule has 102 valence electrons. The molecule has 7 nitrogen and oxygen atoms in total. The average Bonchev–Trinajstić information content (AvgIpc) is 2.67. The lowest BCUT2D eigenvalue weighted by Gasteiger charge is -2.24. The van der Waals surface area contributed by atoms with Crippen LogP contribution in [0.15, 0.2) is 11.6 Å². The fourth-order valence-corrected chi connectivity index (χ4v) is 1.54. The van der Waals surface area contributed by atoms with E-state index in [0.29, 0.717) is 0 Å². The van der Waals surface area contributed by atoms with Gasteiger partial charge in [-0.05, 0) is 13.8 Å². The number of nitrogens with one attached hydrogen (secondary N) is 1. The van der Waals surface area contributed by atoms with Crippen LogP contribution in [0.1, 0.15) is 13.8 Å². The summed E-state index contributed by atoms with van der Waals surface area (Å²) in [6.07, 6.45) is 0.728. The molecule has 0 radical (unpaired) electrons. The molecule has 0 unspecified atom stereocenters. The van der Waals surface area contributed by atoms with E-state index in [1.54, 1.807) is 13.8 Å². The van der Waals surface area contributed by atoms with Crippen LogP contribution in [0.3, 0.4) is 0 Å². The van der Waals surface area contributed by atoms with Crippen LogP contribution in [-0.2, 0) is 23.7 Å². The summed E-state index contributed by atoms with van der Waals surface area (Å²) < 4.78 is 19.5. The highest BCUT2D eigenvalue weighted by atomic mass is 16.9. The molecule has 0 aromatic rings. The maximum absolute atomic E-state index is 11.8. The number of hydrogen-bond acceptors (Lipinski definition) is 6. The monoisotopic (exact) mass is 259 g/mol. The highest BCUT2D eigenvalue weighted by Gasteiger charge is 2.46. The van der Waals surface area contributed by atoms with Gasteiger partial charge in [0.1, 0.15) is 0 Å². The molecule has 0 saturated carbocycles. The van der Waals surface area contributed by atoms with Crippen molar-refractivity contribution >= 4 is 12.1 Å². The molecule has 0 bridgehead atoms. The van der Waals surface area contributed by atoms with Gasteiger partial charge in [-0.2, -0.15) is 0 Å². The molecule has 1 N–H and O–H groups in total. The summed E-state index contributed by atoms with van der Waals surface area (Å²) in [5, 5.41) is 2.52. The number of amides is 1. The lowest BCUT2D eigenvalue weighted by Crippen LogP contribution is -2.46. The zero-order valence-electron chi connectivity index (χ0n) is 11.0. The third kappa shape index (κ3) is 2.62. The van der Waals surface area contributed by atoms with Gasteiger partial charge in [0.25, 0.3) is 0 Å². The molecule has 0 spiro atoms. The maximum atomic E-state index is 11.8. The van der Waals surface area contributed by atoms with Crippen LogP contribution in [0.25, 0.3) is 0 Å². The zero-order valence-corrected chi connectivity index (χ0v) is 11.0. The van der Waals surface area contributed by atoms with Gasteiger partial charge >= 0.3 is 18.0 Å². The van der Waals surface area contributed by atoms with Crippen LogP contribution in [0.2, 0.25) is 0 Å². The lowest BCUT2D eigenvalue weighted by molar-refractivity contribution is -0.304. The number of alkyl carbamates (subject to hydrolysis) is 1. The molecule has 1 heterocycles. The topological polar surface area (TPSA) is 83.1 Å². The predicted octanol–water partition coefficient (Wildman–Crippen LogP) is 0.551. The second-order valence-corrected chi connectivity index (χ2v) is 4.20. The number of carbonyl (C=O) groups excluding carboxylic acids is 2. The number of rotatable bonds is 4. The summed E-state index contributed by atoms with van der Waals surface area (Å²) in [6.45, 7) is 3.27. The minimum absolute atomic E-state index is 0.219. The summed E-state index contributed by atoms with van der Waals surface area (Å²) in [5.41, 5.74) is -0.750. The largest absolute Gasteiger partial charge is 0.453 e. The van der Waals surface area contributed by atoms with Gasteiger partial charge in [-0.1, -0.05) is 0 Å². The second kappa shape index (κ2) is 4.95. The van der Waals surface area contributed by atoms with Crippen LogP contribution in [-0.4, -0.2) is 44.9 Å². The SMILES string of the molecule is COC(=O)NC(C)(C)C1=CC(OC)(OC)OC1=O. The zero-order chi connectivity index (χ0) is 14.0. The van der Waals surface area contributed by atoms with Gasteiger partial charge in [0, 0.05) is 20.3 Å². The van der Waals surface area contributed by atoms with Crippen molar-refractivity contribution in [3.63, 3.8) is 0 Å². The normalized spacial score (nSPS) is 18.1. The Morgan fingerprint density at radius 1 is 1.33 bits per heavy atom. The van der Waals surface area contributed by atoms with Crippen molar-refractivity contribution in [2.75, 3.05) is 21.3 Å². The molecule has 0 aromatic heterocycles. The Labute approximate surface area is 105 Å². The number of hydrogen-bond donors (Lipinski definition) is 1. The third-order valence-corrected chi connectivity index (χ3v) is 2.62. The van der Waals surface area contributed by atoms with Crippen LogP contribution in [0.5, 0.6) is 0 Å². The fraction of sp³-hybridized carbons (Fsp3) is 0.636. The van der Waals surface area contributed by atoms with Crippen LogP contribution in [0, 0.1) is 0 Å². The Hall–Kier alpha value is -1.60. The smallest absolute Gasteiger partial charge is 0.407 e. The minimum Gasteiger partial charge on any atom is -0.453 e. The van der Waals surface area contributed by atoms with E-state index in [1.807, 2.05) is 0 Å².